The van der Waals surface area contributed by atoms with Crippen LogP contribution < -0.4 is 0 Å². The zero-order chi connectivity index (χ0) is 12.7. The van der Waals surface area contributed by atoms with Gasteiger partial charge >= 0.3 is 5.97 Å². The molecule has 94 valence electrons. The molecular weight excluding hydrogens is 300 g/mol. The van der Waals surface area contributed by atoms with Gasteiger partial charge in [-0.1, -0.05) is 26.2 Å². The third kappa shape index (κ3) is 5.13. The highest BCUT2D eigenvalue weighted by Gasteiger charge is 2.11. The Labute approximate surface area is 116 Å². The van der Waals surface area contributed by atoms with Crippen LogP contribution >= 0.6 is 28.6 Å². The van der Waals surface area contributed by atoms with Crippen molar-refractivity contribution in [2.45, 2.75) is 37.5 Å². The van der Waals surface area contributed by atoms with E-state index in [1.165, 1.54) is 12.8 Å². The molecule has 4 heteroatoms. The molecule has 1 aromatic carbocycles. The third-order valence-corrected chi connectivity index (χ3v) is 3.37. The van der Waals surface area contributed by atoms with Gasteiger partial charge in [0.1, 0.15) is 0 Å². The Balaban J connectivity index is 2.44. The monoisotopic (exact) mass is 316 g/mol. The van der Waals surface area contributed by atoms with Crippen LogP contribution in [0.3, 0.4) is 0 Å². The van der Waals surface area contributed by atoms with Crippen molar-refractivity contribution in [2.75, 3.05) is 6.61 Å². The van der Waals surface area contributed by atoms with Gasteiger partial charge in [0.15, 0.2) is 0 Å². The molecule has 0 bridgehead atoms. The predicted molar refractivity (Wildman–Crippen MR) is 75.8 cm³/mol. The minimum absolute atomic E-state index is 0.288. The highest BCUT2D eigenvalue weighted by Crippen LogP contribution is 2.21. The van der Waals surface area contributed by atoms with Crippen LogP contribution in [0.4, 0.5) is 0 Å². The second-order valence-corrected chi connectivity index (χ2v) is 5.23. The van der Waals surface area contributed by atoms with E-state index in [0.717, 1.165) is 22.2 Å². The Kier molecular flexibility index (Phi) is 6.66. The second-order valence-electron chi connectivity index (χ2n) is 3.86. The number of esters is 1. The Morgan fingerprint density at radius 1 is 1.35 bits per heavy atom. The van der Waals surface area contributed by atoms with Gasteiger partial charge < -0.3 is 4.74 Å². The van der Waals surface area contributed by atoms with E-state index in [4.69, 9.17) is 4.74 Å². The van der Waals surface area contributed by atoms with Crippen molar-refractivity contribution in [2.24, 2.45) is 0 Å². The van der Waals surface area contributed by atoms with Gasteiger partial charge in [-0.25, -0.2) is 4.79 Å². The van der Waals surface area contributed by atoms with Crippen LogP contribution in [0.1, 0.15) is 43.0 Å². The highest BCUT2D eigenvalue weighted by atomic mass is 79.9. The summed E-state index contributed by atoms with van der Waals surface area (Å²) in [7, 11) is 0. The van der Waals surface area contributed by atoms with Crippen LogP contribution in [-0.2, 0) is 4.74 Å². The van der Waals surface area contributed by atoms with Crippen LogP contribution in [0.15, 0.2) is 27.6 Å². The molecule has 1 aromatic rings. The summed E-state index contributed by atoms with van der Waals surface area (Å²) in [4.78, 5) is 12.5. The number of rotatable bonds is 6. The molecule has 0 atom stereocenters. The van der Waals surface area contributed by atoms with Gasteiger partial charge in [-0.15, -0.1) is 12.6 Å². The van der Waals surface area contributed by atoms with Gasteiger partial charge in [0, 0.05) is 9.37 Å². The van der Waals surface area contributed by atoms with E-state index in [2.05, 4.69) is 35.5 Å². The fourth-order valence-corrected chi connectivity index (χ4v) is 2.05. The first-order valence-electron chi connectivity index (χ1n) is 5.80. The number of ether oxygens (including phenoxy) is 1. The first-order chi connectivity index (χ1) is 8.15. The maximum absolute atomic E-state index is 11.8. The lowest BCUT2D eigenvalue weighted by Crippen LogP contribution is -2.07. The molecule has 0 spiro atoms. The third-order valence-electron chi connectivity index (χ3n) is 2.40. The van der Waals surface area contributed by atoms with Crippen molar-refractivity contribution in [1.29, 1.82) is 0 Å². The van der Waals surface area contributed by atoms with Crippen molar-refractivity contribution in [1.82, 2.24) is 0 Å². The Morgan fingerprint density at radius 3 is 2.82 bits per heavy atom. The molecule has 0 fully saturated rings. The van der Waals surface area contributed by atoms with Gasteiger partial charge in [0.2, 0.25) is 0 Å². The Hall–Kier alpha value is -0.480. The fourth-order valence-electron chi connectivity index (χ4n) is 1.44. The van der Waals surface area contributed by atoms with E-state index in [9.17, 15) is 4.79 Å². The van der Waals surface area contributed by atoms with Gasteiger partial charge in [-0.2, -0.15) is 0 Å². The lowest BCUT2D eigenvalue weighted by Gasteiger charge is -2.06. The Bertz CT molecular complexity index is 380. The summed E-state index contributed by atoms with van der Waals surface area (Å²) in [6, 6.07) is 5.34. The number of carbonyl (C=O) groups excluding carboxylic acids is 1. The maximum atomic E-state index is 11.8. The quantitative estimate of drug-likeness (QED) is 0.476. The van der Waals surface area contributed by atoms with Gasteiger partial charge in [0.05, 0.1) is 12.2 Å². The molecular formula is C13H17BrO2S. The molecule has 0 radical (unpaired) electrons. The smallest absolute Gasteiger partial charge is 0.339 e. The van der Waals surface area contributed by atoms with E-state index in [1.54, 1.807) is 12.1 Å². The summed E-state index contributed by atoms with van der Waals surface area (Å²) in [5.74, 6) is -0.288. The van der Waals surface area contributed by atoms with Gasteiger partial charge in [0.25, 0.3) is 0 Å². The van der Waals surface area contributed by atoms with Crippen LogP contribution in [-0.4, -0.2) is 12.6 Å². The van der Waals surface area contributed by atoms with Crippen LogP contribution in [0.25, 0.3) is 0 Å². The summed E-state index contributed by atoms with van der Waals surface area (Å²) in [5.41, 5.74) is 0.535. The largest absolute Gasteiger partial charge is 0.462 e. The number of thiol groups is 1. The zero-order valence-corrected chi connectivity index (χ0v) is 12.4. The molecule has 0 amide bonds. The average Bonchev–Trinajstić information content (AvgIpc) is 2.32. The minimum atomic E-state index is -0.288. The molecule has 0 saturated heterocycles. The van der Waals surface area contributed by atoms with Crippen molar-refractivity contribution < 1.29 is 9.53 Å². The molecule has 0 unspecified atom stereocenters. The lowest BCUT2D eigenvalue weighted by molar-refractivity contribution is 0.0496. The second kappa shape index (κ2) is 7.77. The van der Waals surface area contributed by atoms with Crippen LogP contribution in [0.5, 0.6) is 0 Å². The molecule has 0 N–H and O–H groups in total. The number of halogens is 1. The number of carbonyl (C=O) groups is 1. The molecule has 0 heterocycles. The number of unbranched alkanes of at least 4 members (excludes halogenated alkanes) is 3. The topological polar surface area (TPSA) is 26.3 Å². The first kappa shape index (κ1) is 14.6. The van der Waals surface area contributed by atoms with Gasteiger partial charge in [-0.05, 0) is 40.5 Å². The fraction of sp³-hybridized carbons (Fsp3) is 0.462. The van der Waals surface area contributed by atoms with Crippen molar-refractivity contribution in [3.05, 3.63) is 28.2 Å². The summed E-state index contributed by atoms with van der Waals surface area (Å²) in [6.07, 6.45) is 4.41. The molecule has 2 nitrogen and oxygen atoms in total. The zero-order valence-electron chi connectivity index (χ0n) is 9.91. The predicted octanol–water partition coefficient (Wildman–Crippen LogP) is 4.47. The molecule has 1 rings (SSSR count). The summed E-state index contributed by atoms with van der Waals surface area (Å²) in [5, 5.41) is 0. The van der Waals surface area contributed by atoms with E-state index in [-0.39, 0.29) is 5.97 Å². The molecule has 0 aliphatic heterocycles. The van der Waals surface area contributed by atoms with E-state index >= 15 is 0 Å². The highest BCUT2D eigenvalue weighted by molar-refractivity contribution is 9.10. The maximum Gasteiger partial charge on any atom is 0.339 e. The van der Waals surface area contributed by atoms with E-state index in [0.29, 0.717) is 12.2 Å². The molecule has 0 aliphatic carbocycles. The van der Waals surface area contributed by atoms with Gasteiger partial charge in [-0.3, -0.25) is 0 Å². The molecule has 0 aliphatic rings. The van der Waals surface area contributed by atoms with Crippen molar-refractivity contribution >= 4 is 34.5 Å². The first-order valence-corrected chi connectivity index (χ1v) is 7.04. The number of hydrogen-bond acceptors (Lipinski definition) is 3. The van der Waals surface area contributed by atoms with Crippen molar-refractivity contribution in [3.8, 4) is 0 Å². The normalized spacial score (nSPS) is 10.3. The summed E-state index contributed by atoms with van der Waals surface area (Å²) in [6.45, 7) is 2.64. The standard InChI is InChI=1S/C13H17BrO2S/c1-2-3-4-5-8-16-13(15)11-9-10(17)6-7-12(11)14/h6-7,9,17H,2-5,8H2,1H3. The summed E-state index contributed by atoms with van der Waals surface area (Å²) >= 11 is 7.53. The van der Waals surface area contributed by atoms with Crippen LogP contribution in [0.2, 0.25) is 0 Å². The molecule has 0 saturated carbocycles. The molecule has 17 heavy (non-hydrogen) atoms. The SMILES string of the molecule is CCCCCCOC(=O)c1cc(S)ccc1Br. The Morgan fingerprint density at radius 2 is 2.12 bits per heavy atom. The minimum Gasteiger partial charge on any atom is -0.462 e. The molecule has 0 aromatic heterocycles. The van der Waals surface area contributed by atoms with E-state index < -0.39 is 0 Å². The number of hydrogen-bond donors (Lipinski definition) is 1. The summed E-state index contributed by atoms with van der Waals surface area (Å²) < 4.78 is 5.95. The average molecular weight is 317 g/mol. The van der Waals surface area contributed by atoms with E-state index in [1.807, 2.05) is 6.07 Å². The number of benzene rings is 1. The van der Waals surface area contributed by atoms with Crippen molar-refractivity contribution in [3.63, 3.8) is 0 Å². The lowest BCUT2D eigenvalue weighted by atomic mass is 10.2. The van der Waals surface area contributed by atoms with Crippen LogP contribution in [0, 0.1) is 0 Å².